The number of methoxy groups -OCH3 is 1. The van der Waals surface area contributed by atoms with Gasteiger partial charge in [-0.15, -0.1) is 0 Å². The molecule has 0 saturated carbocycles. The van der Waals surface area contributed by atoms with Crippen LogP contribution in [0.1, 0.15) is 29.7 Å². The average molecular weight is 348 g/mol. The molecule has 2 rings (SSSR count). The minimum atomic E-state index is 0.239. The van der Waals surface area contributed by atoms with Crippen molar-refractivity contribution in [1.82, 2.24) is 5.32 Å². The Morgan fingerprint density at radius 3 is 2.62 bits per heavy atom. The lowest BCUT2D eigenvalue weighted by molar-refractivity contribution is 0.399. The highest BCUT2D eigenvalue weighted by molar-refractivity contribution is 9.10. The fourth-order valence-corrected chi connectivity index (χ4v) is 2.95. The van der Waals surface area contributed by atoms with Crippen molar-refractivity contribution >= 4 is 15.9 Å². The van der Waals surface area contributed by atoms with E-state index in [0.717, 1.165) is 23.2 Å². The first-order chi connectivity index (χ1) is 10.2. The van der Waals surface area contributed by atoms with Crippen LogP contribution in [0.3, 0.4) is 0 Å². The fraction of sp³-hybridized carbons (Fsp3) is 0.333. The predicted molar refractivity (Wildman–Crippen MR) is 92.0 cm³/mol. The second-order valence-corrected chi connectivity index (χ2v) is 6.04. The molecule has 0 aliphatic carbocycles. The summed E-state index contributed by atoms with van der Waals surface area (Å²) in [6.07, 6.45) is 0.952. The van der Waals surface area contributed by atoms with Crippen LogP contribution in [0.4, 0.5) is 0 Å². The molecule has 0 aliphatic heterocycles. The molecule has 2 aromatic carbocycles. The van der Waals surface area contributed by atoms with E-state index in [1.807, 2.05) is 12.1 Å². The van der Waals surface area contributed by atoms with Gasteiger partial charge in [-0.05, 0) is 49.2 Å². The normalized spacial score (nSPS) is 12.2. The maximum atomic E-state index is 5.53. The van der Waals surface area contributed by atoms with Crippen molar-refractivity contribution in [3.8, 4) is 5.75 Å². The van der Waals surface area contributed by atoms with Crippen LogP contribution in [0.25, 0.3) is 0 Å². The van der Waals surface area contributed by atoms with Crippen LogP contribution < -0.4 is 10.1 Å². The van der Waals surface area contributed by atoms with Gasteiger partial charge >= 0.3 is 0 Å². The number of rotatable bonds is 6. The molecule has 0 spiro atoms. The van der Waals surface area contributed by atoms with E-state index in [1.54, 1.807) is 7.11 Å². The van der Waals surface area contributed by atoms with E-state index in [0.29, 0.717) is 0 Å². The Balaban J connectivity index is 2.35. The Hall–Kier alpha value is -1.32. The molecule has 0 aromatic heterocycles. The number of aryl methyl sites for hydroxylation is 1. The van der Waals surface area contributed by atoms with Crippen molar-refractivity contribution < 1.29 is 4.74 Å². The van der Waals surface area contributed by atoms with Crippen molar-refractivity contribution in [2.24, 2.45) is 0 Å². The quantitative estimate of drug-likeness (QED) is 0.820. The van der Waals surface area contributed by atoms with Crippen molar-refractivity contribution in [2.75, 3.05) is 13.7 Å². The molecular formula is C18H22BrNO. The molecule has 0 heterocycles. The maximum Gasteiger partial charge on any atom is 0.123 e. The Morgan fingerprint density at radius 2 is 1.95 bits per heavy atom. The van der Waals surface area contributed by atoms with Gasteiger partial charge in [0.1, 0.15) is 5.75 Å². The molecule has 21 heavy (non-hydrogen) atoms. The first kappa shape index (κ1) is 16.1. The van der Waals surface area contributed by atoms with Crippen molar-refractivity contribution in [3.05, 3.63) is 63.6 Å². The highest BCUT2D eigenvalue weighted by Gasteiger charge is 2.17. The summed E-state index contributed by atoms with van der Waals surface area (Å²) in [5.74, 6) is 0.928. The van der Waals surface area contributed by atoms with Crippen molar-refractivity contribution in [3.63, 3.8) is 0 Å². The number of hydrogen-bond donors (Lipinski definition) is 1. The summed E-state index contributed by atoms with van der Waals surface area (Å²) in [6.45, 7) is 5.22. The molecule has 0 amide bonds. The summed E-state index contributed by atoms with van der Waals surface area (Å²) >= 11 is 3.56. The third kappa shape index (κ3) is 4.08. The molecule has 2 aromatic rings. The van der Waals surface area contributed by atoms with Crippen LogP contribution in [0.2, 0.25) is 0 Å². The van der Waals surface area contributed by atoms with E-state index in [9.17, 15) is 0 Å². The van der Waals surface area contributed by atoms with E-state index in [-0.39, 0.29) is 6.04 Å². The van der Waals surface area contributed by atoms with Crippen LogP contribution in [-0.2, 0) is 6.42 Å². The SMILES string of the molecule is CCNC(Cc1ccccc1C)c1cc(Br)ccc1OC. The highest BCUT2D eigenvalue weighted by Crippen LogP contribution is 2.31. The average Bonchev–Trinajstić information content (AvgIpc) is 2.49. The fourth-order valence-electron chi connectivity index (χ4n) is 2.58. The largest absolute Gasteiger partial charge is 0.496 e. The standard InChI is InChI=1S/C18H22BrNO/c1-4-20-17(11-14-8-6-5-7-13(14)2)16-12-15(19)9-10-18(16)21-3/h5-10,12,17,20H,4,11H2,1-3H3. The van der Waals surface area contributed by atoms with Gasteiger partial charge in [0.2, 0.25) is 0 Å². The molecule has 0 radical (unpaired) electrons. The summed E-state index contributed by atoms with van der Waals surface area (Å²) in [4.78, 5) is 0. The Morgan fingerprint density at radius 1 is 1.19 bits per heavy atom. The topological polar surface area (TPSA) is 21.3 Å². The van der Waals surface area contributed by atoms with Gasteiger partial charge in [0, 0.05) is 16.1 Å². The number of hydrogen-bond acceptors (Lipinski definition) is 2. The predicted octanol–water partition coefficient (Wildman–Crippen LogP) is 4.66. The van der Waals surface area contributed by atoms with Crippen LogP contribution in [0.5, 0.6) is 5.75 Å². The van der Waals surface area contributed by atoms with E-state index in [1.165, 1.54) is 16.7 Å². The molecule has 0 aliphatic rings. The van der Waals surface area contributed by atoms with E-state index >= 15 is 0 Å². The minimum Gasteiger partial charge on any atom is -0.496 e. The number of benzene rings is 2. The van der Waals surface area contributed by atoms with Crippen LogP contribution in [0.15, 0.2) is 46.9 Å². The summed E-state index contributed by atoms with van der Waals surface area (Å²) in [5, 5.41) is 3.58. The zero-order valence-corrected chi connectivity index (χ0v) is 14.4. The van der Waals surface area contributed by atoms with Gasteiger partial charge < -0.3 is 10.1 Å². The smallest absolute Gasteiger partial charge is 0.123 e. The molecule has 0 fully saturated rings. The molecular weight excluding hydrogens is 326 g/mol. The zero-order valence-electron chi connectivity index (χ0n) is 12.8. The lowest BCUT2D eigenvalue weighted by atomic mass is 9.95. The summed E-state index contributed by atoms with van der Waals surface area (Å²) in [5.41, 5.74) is 3.89. The van der Waals surface area contributed by atoms with Gasteiger partial charge in [0.15, 0.2) is 0 Å². The second kappa shape index (κ2) is 7.62. The molecule has 0 saturated heterocycles. The molecule has 1 N–H and O–H groups in total. The summed E-state index contributed by atoms with van der Waals surface area (Å²) in [6, 6.07) is 15.0. The van der Waals surface area contributed by atoms with Crippen LogP contribution in [-0.4, -0.2) is 13.7 Å². The van der Waals surface area contributed by atoms with Gasteiger partial charge in [0.25, 0.3) is 0 Å². The summed E-state index contributed by atoms with van der Waals surface area (Å²) in [7, 11) is 1.73. The maximum absolute atomic E-state index is 5.53. The van der Waals surface area contributed by atoms with E-state index in [4.69, 9.17) is 4.74 Å². The Labute approximate surface area is 135 Å². The zero-order chi connectivity index (χ0) is 15.2. The van der Waals surface area contributed by atoms with Gasteiger partial charge in [-0.25, -0.2) is 0 Å². The molecule has 0 bridgehead atoms. The molecule has 1 atom stereocenters. The summed E-state index contributed by atoms with van der Waals surface area (Å²) < 4.78 is 6.61. The third-order valence-corrected chi connectivity index (χ3v) is 4.20. The lowest BCUT2D eigenvalue weighted by Crippen LogP contribution is -2.23. The first-order valence-electron chi connectivity index (χ1n) is 7.27. The van der Waals surface area contributed by atoms with Gasteiger partial charge in [-0.2, -0.15) is 0 Å². The van der Waals surface area contributed by atoms with Gasteiger partial charge in [-0.1, -0.05) is 47.1 Å². The molecule has 2 nitrogen and oxygen atoms in total. The lowest BCUT2D eigenvalue weighted by Gasteiger charge is -2.22. The monoisotopic (exact) mass is 347 g/mol. The van der Waals surface area contributed by atoms with Gasteiger partial charge in [-0.3, -0.25) is 0 Å². The Kier molecular flexibility index (Phi) is 5.83. The third-order valence-electron chi connectivity index (χ3n) is 3.70. The Bertz CT molecular complexity index is 598. The van der Waals surface area contributed by atoms with Crippen LogP contribution >= 0.6 is 15.9 Å². The molecule has 1 unspecified atom stereocenters. The molecule has 112 valence electrons. The highest BCUT2D eigenvalue weighted by atomic mass is 79.9. The number of likely N-dealkylation sites (N-methyl/N-ethyl adjacent to an activating group) is 1. The van der Waals surface area contributed by atoms with Crippen LogP contribution in [0, 0.1) is 6.92 Å². The molecule has 3 heteroatoms. The van der Waals surface area contributed by atoms with Crippen molar-refractivity contribution in [2.45, 2.75) is 26.3 Å². The minimum absolute atomic E-state index is 0.239. The first-order valence-corrected chi connectivity index (χ1v) is 8.06. The van der Waals surface area contributed by atoms with E-state index in [2.05, 4.69) is 65.4 Å². The second-order valence-electron chi connectivity index (χ2n) is 5.13. The number of nitrogens with one attached hydrogen (secondary N) is 1. The van der Waals surface area contributed by atoms with Gasteiger partial charge in [0.05, 0.1) is 7.11 Å². The van der Waals surface area contributed by atoms with Crippen molar-refractivity contribution in [1.29, 1.82) is 0 Å². The number of ether oxygens (including phenoxy) is 1. The van der Waals surface area contributed by atoms with E-state index < -0.39 is 0 Å². The number of halogens is 1.